The van der Waals surface area contributed by atoms with Crippen molar-refractivity contribution in [3.8, 4) is 12.3 Å². The lowest BCUT2D eigenvalue weighted by Crippen LogP contribution is -2.43. The minimum atomic E-state index is -0.931. The number of carboxylic acids is 1. The number of thioether (sulfide) groups is 1. The van der Waals surface area contributed by atoms with Gasteiger partial charge < -0.3 is 10.4 Å². The second-order valence-corrected chi connectivity index (χ2v) is 4.19. The van der Waals surface area contributed by atoms with E-state index in [2.05, 4.69) is 11.2 Å². The first-order valence-corrected chi connectivity index (χ1v) is 5.11. The molecule has 1 amide bonds. The fourth-order valence-corrected chi connectivity index (χ4v) is 1.19. The average molecular weight is 215 g/mol. The number of aliphatic carboxylic acids is 1. The Bertz CT molecular complexity index is 268. The molecule has 0 saturated carbocycles. The van der Waals surface area contributed by atoms with Gasteiger partial charge in [-0.15, -0.1) is 18.2 Å². The number of hydrogen-bond donors (Lipinski definition) is 2. The Kier molecular flexibility index (Phi) is 5.10. The van der Waals surface area contributed by atoms with E-state index in [1.165, 1.54) is 0 Å². The molecule has 0 aromatic carbocycles. The molecule has 0 saturated heterocycles. The maximum absolute atomic E-state index is 11.2. The Hall–Kier alpha value is -1.15. The van der Waals surface area contributed by atoms with E-state index >= 15 is 0 Å². The van der Waals surface area contributed by atoms with Gasteiger partial charge in [-0.25, -0.2) is 0 Å². The molecule has 0 aliphatic rings. The molecule has 0 aliphatic heterocycles. The monoisotopic (exact) mass is 215 g/mol. The van der Waals surface area contributed by atoms with Crippen molar-refractivity contribution in [2.24, 2.45) is 0 Å². The molecule has 0 unspecified atom stereocenters. The van der Waals surface area contributed by atoms with Gasteiger partial charge in [-0.3, -0.25) is 9.59 Å². The molecule has 0 spiro atoms. The summed E-state index contributed by atoms with van der Waals surface area (Å²) in [6.45, 7) is 3.40. The summed E-state index contributed by atoms with van der Waals surface area (Å²) >= 11 is 1.04. The highest BCUT2D eigenvalue weighted by Crippen LogP contribution is 2.02. The minimum absolute atomic E-state index is 0.0795. The second kappa shape index (κ2) is 5.55. The zero-order chi connectivity index (χ0) is 11.2. The van der Waals surface area contributed by atoms with Crippen molar-refractivity contribution in [1.82, 2.24) is 5.32 Å². The smallest absolute Gasteiger partial charge is 0.313 e. The van der Waals surface area contributed by atoms with Gasteiger partial charge in [0.15, 0.2) is 0 Å². The number of hydrogen-bond acceptors (Lipinski definition) is 3. The predicted octanol–water partition coefficient (Wildman–Crippen LogP) is 0.332. The SMILES string of the molecule is C#CC(C)(C)NC(=O)CSCC(=O)O. The molecule has 4 nitrogen and oxygen atoms in total. The zero-order valence-corrected chi connectivity index (χ0v) is 8.98. The molecule has 5 heteroatoms. The van der Waals surface area contributed by atoms with Crippen molar-refractivity contribution in [3.63, 3.8) is 0 Å². The number of carboxylic acid groups (broad SMARTS) is 1. The quantitative estimate of drug-likeness (QED) is 0.649. The molecular formula is C9H13NO3S. The summed E-state index contributed by atoms with van der Waals surface area (Å²) in [5.74, 6) is 1.26. The molecule has 78 valence electrons. The summed E-state index contributed by atoms with van der Waals surface area (Å²) in [6, 6.07) is 0. The van der Waals surface area contributed by atoms with Crippen molar-refractivity contribution in [2.45, 2.75) is 19.4 Å². The largest absolute Gasteiger partial charge is 0.481 e. The van der Waals surface area contributed by atoms with Gasteiger partial charge in [0.2, 0.25) is 5.91 Å². The second-order valence-electron chi connectivity index (χ2n) is 3.20. The van der Waals surface area contributed by atoms with Crippen molar-refractivity contribution in [2.75, 3.05) is 11.5 Å². The van der Waals surface area contributed by atoms with Gasteiger partial charge in [0, 0.05) is 0 Å². The first kappa shape index (κ1) is 12.8. The predicted molar refractivity (Wildman–Crippen MR) is 56.0 cm³/mol. The van der Waals surface area contributed by atoms with E-state index in [1.54, 1.807) is 13.8 Å². The number of carbonyl (C=O) groups is 2. The van der Waals surface area contributed by atoms with Crippen molar-refractivity contribution in [1.29, 1.82) is 0 Å². The number of amides is 1. The first-order chi connectivity index (χ1) is 6.37. The van der Waals surface area contributed by atoms with Crippen LogP contribution >= 0.6 is 11.8 Å². The molecular weight excluding hydrogens is 202 g/mol. The molecule has 0 radical (unpaired) electrons. The van der Waals surface area contributed by atoms with Gasteiger partial charge in [-0.2, -0.15) is 0 Å². The molecule has 0 fully saturated rings. The van der Waals surface area contributed by atoms with Crippen LogP contribution in [0.3, 0.4) is 0 Å². The Morgan fingerprint density at radius 2 is 2.07 bits per heavy atom. The van der Waals surface area contributed by atoms with Gasteiger partial charge in [0.1, 0.15) is 0 Å². The number of nitrogens with one attached hydrogen (secondary N) is 1. The Morgan fingerprint density at radius 1 is 1.50 bits per heavy atom. The van der Waals surface area contributed by atoms with Gasteiger partial charge in [0.05, 0.1) is 17.0 Å². The normalized spacial score (nSPS) is 10.4. The average Bonchev–Trinajstić information content (AvgIpc) is 2.02. The third kappa shape index (κ3) is 6.38. The van der Waals surface area contributed by atoms with Crippen molar-refractivity contribution < 1.29 is 14.7 Å². The summed E-state index contributed by atoms with van der Waals surface area (Å²) in [7, 11) is 0. The van der Waals surface area contributed by atoms with E-state index in [0.29, 0.717) is 0 Å². The molecule has 0 rings (SSSR count). The highest BCUT2D eigenvalue weighted by atomic mass is 32.2. The maximum atomic E-state index is 11.2. The standard InChI is InChI=1S/C9H13NO3S/c1-4-9(2,3)10-7(11)5-14-6-8(12)13/h1H,5-6H2,2-3H3,(H,10,11)(H,12,13). The van der Waals surface area contributed by atoms with Crippen LogP contribution in [-0.2, 0) is 9.59 Å². The summed E-state index contributed by atoms with van der Waals surface area (Å²) < 4.78 is 0. The highest BCUT2D eigenvalue weighted by Gasteiger charge is 2.16. The topological polar surface area (TPSA) is 66.4 Å². The van der Waals surface area contributed by atoms with Crippen LogP contribution in [0.4, 0.5) is 0 Å². The van der Waals surface area contributed by atoms with E-state index in [1.807, 2.05) is 0 Å². The summed E-state index contributed by atoms with van der Waals surface area (Å²) in [4.78, 5) is 21.3. The number of terminal acetylenes is 1. The fourth-order valence-electron chi connectivity index (χ4n) is 0.652. The van der Waals surface area contributed by atoms with Crippen LogP contribution in [0.25, 0.3) is 0 Å². The highest BCUT2D eigenvalue weighted by molar-refractivity contribution is 8.00. The van der Waals surface area contributed by atoms with Crippen LogP contribution in [0, 0.1) is 12.3 Å². The summed E-state index contributed by atoms with van der Waals surface area (Å²) in [5.41, 5.74) is -0.680. The van der Waals surface area contributed by atoms with Crippen molar-refractivity contribution in [3.05, 3.63) is 0 Å². The maximum Gasteiger partial charge on any atom is 0.313 e. The third-order valence-electron chi connectivity index (χ3n) is 1.27. The van der Waals surface area contributed by atoms with Crippen LogP contribution < -0.4 is 5.32 Å². The van der Waals surface area contributed by atoms with Crippen LogP contribution in [0.2, 0.25) is 0 Å². The summed E-state index contributed by atoms with van der Waals surface area (Å²) in [5, 5.41) is 10.9. The van der Waals surface area contributed by atoms with Gasteiger partial charge in [-0.05, 0) is 13.8 Å². The van der Waals surface area contributed by atoms with E-state index in [0.717, 1.165) is 11.8 Å². The molecule has 14 heavy (non-hydrogen) atoms. The van der Waals surface area contributed by atoms with Crippen LogP contribution in [-0.4, -0.2) is 34.0 Å². The van der Waals surface area contributed by atoms with E-state index in [4.69, 9.17) is 11.5 Å². The van der Waals surface area contributed by atoms with Crippen LogP contribution in [0.5, 0.6) is 0 Å². The van der Waals surface area contributed by atoms with Gasteiger partial charge in [0.25, 0.3) is 0 Å². The molecule has 0 aromatic rings. The molecule has 0 aliphatic carbocycles. The van der Waals surface area contributed by atoms with E-state index < -0.39 is 11.5 Å². The Balaban J connectivity index is 3.78. The summed E-state index contributed by atoms with van der Waals surface area (Å²) in [6.07, 6.45) is 5.17. The zero-order valence-electron chi connectivity index (χ0n) is 8.16. The first-order valence-electron chi connectivity index (χ1n) is 3.95. The van der Waals surface area contributed by atoms with Crippen molar-refractivity contribution >= 4 is 23.6 Å². The molecule has 0 heterocycles. The molecule has 0 bridgehead atoms. The Labute approximate surface area is 87.4 Å². The Morgan fingerprint density at radius 3 is 2.50 bits per heavy atom. The lowest BCUT2D eigenvalue weighted by atomic mass is 10.1. The minimum Gasteiger partial charge on any atom is -0.481 e. The number of rotatable bonds is 5. The fraction of sp³-hybridized carbons (Fsp3) is 0.556. The lowest BCUT2D eigenvalue weighted by Gasteiger charge is -2.19. The van der Waals surface area contributed by atoms with E-state index in [9.17, 15) is 9.59 Å². The van der Waals surface area contributed by atoms with Crippen LogP contribution in [0.1, 0.15) is 13.8 Å². The molecule has 0 atom stereocenters. The van der Waals surface area contributed by atoms with Crippen LogP contribution in [0.15, 0.2) is 0 Å². The van der Waals surface area contributed by atoms with E-state index in [-0.39, 0.29) is 17.4 Å². The molecule has 2 N–H and O–H groups in total. The van der Waals surface area contributed by atoms with Gasteiger partial charge >= 0.3 is 5.97 Å². The van der Waals surface area contributed by atoms with Gasteiger partial charge in [-0.1, -0.05) is 5.92 Å². The lowest BCUT2D eigenvalue weighted by molar-refractivity contribution is -0.133. The third-order valence-corrected chi connectivity index (χ3v) is 2.19. The molecule has 0 aromatic heterocycles. The number of carbonyl (C=O) groups excluding carboxylic acids is 1.